The van der Waals surface area contributed by atoms with Gasteiger partial charge in [-0.25, -0.2) is 4.90 Å². The van der Waals surface area contributed by atoms with Gasteiger partial charge in [0.15, 0.2) is 0 Å². The lowest BCUT2D eigenvalue weighted by molar-refractivity contribution is 0.0606. The molecule has 13 aromatic carbocycles. The number of unbranched alkanes of at least 4 members (excludes halogenated alkanes) is 23. The number of hydrogen-bond acceptors (Lipinski definition) is 6. The van der Waals surface area contributed by atoms with Crippen LogP contribution in [0, 0.1) is 0 Å². The van der Waals surface area contributed by atoms with E-state index in [1.165, 1.54) is 203 Å². The second kappa shape index (κ2) is 41.9. The molecule has 0 bridgehead atoms. The highest BCUT2D eigenvalue weighted by Crippen LogP contribution is 2.63. The molecule has 0 N–H and O–H groups in total. The molecule has 2 aliphatic heterocycles. The molecule has 0 radical (unpaired) electrons. The number of fused-ring (bicyclic) bond motifs is 11. The number of imide groups is 2. The molecule has 8 heteroatoms. The molecule has 0 spiro atoms. The lowest BCUT2D eigenvalue weighted by Gasteiger charge is -2.35. The molecule has 143 heavy (non-hydrogen) atoms. The fourth-order valence-electron chi connectivity index (χ4n) is 25.8. The molecular weight excluding hydrogens is 1750 g/mol. The fraction of sp³-hybridized carbons (Fsp3) is 0.467. The van der Waals surface area contributed by atoms with Crippen molar-refractivity contribution in [3.8, 4) is 78.6 Å². The molecule has 0 fully saturated rings. The summed E-state index contributed by atoms with van der Waals surface area (Å²) in [5, 5.41) is 5.19. The molecule has 4 amide bonds. The van der Waals surface area contributed by atoms with Gasteiger partial charge in [-0.2, -0.15) is 0 Å². The van der Waals surface area contributed by atoms with Gasteiger partial charge in [-0.3, -0.25) is 24.1 Å². The number of amides is 4. The van der Waals surface area contributed by atoms with Crippen molar-refractivity contribution in [3.05, 3.63) is 266 Å². The summed E-state index contributed by atoms with van der Waals surface area (Å²) in [6.45, 7) is 43.2. The summed E-state index contributed by atoms with van der Waals surface area (Å²) in [4.78, 5) is 68.4. The monoisotopic (exact) mass is 1910 g/mol. The van der Waals surface area contributed by atoms with Gasteiger partial charge in [-0.15, -0.1) is 0 Å². The smallest absolute Gasteiger partial charge is 0.266 e. The first-order valence-corrected chi connectivity index (χ1v) is 56.3. The van der Waals surface area contributed by atoms with Crippen LogP contribution in [0.4, 0.5) is 5.69 Å². The first-order valence-electron chi connectivity index (χ1n) is 56.3. The van der Waals surface area contributed by atoms with Gasteiger partial charge in [0.25, 0.3) is 23.6 Å². The summed E-state index contributed by atoms with van der Waals surface area (Å²) in [5.74, 6) is 0.557. The van der Waals surface area contributed by atoms with Crippen LogP contribution in [0.3, 0.4) is 0 Å². The number of anilines is 1. The Morgan fingerprint density at radius 1 is 0.238 bits per heavy atom. The van der Waals surface area contributed by atoms with Crippen LogP contribution >= 0.6 is 0 Å². The summed E-state index contributed by atoms with van der Waals surface area (Å²) >= 11 is 0. The van der Waals surface area contributed by atoms with E-state index in [1.54, 1.807) is 11.1 Å². The third-order valence-electron chi connectivity index (χ3n) is 34.0. The maximum absolute atomic E-state index is 17.2. The van der Waals surface area contributed by atoms with Crippen LogP contribution in [0.15, 0.2) is 188 Å². The van der Waals surface area contributed by atoms with Crippen LogP contribution < -0.4 is 14.4 Å². The van der Waals surface area contributed by atoms with Crippen LogP contribution in [-0.4, -0.2) is 35.1 Å². The molecule has 5 aliphatic rings. The first kappa shape index (κ1) is 102. The number of hydrogen-bond donors (Lipinski definition) is 0. The average Bonchev–Trinajstić information content (AvgIpc) is 1.46. The zero-order chi connectivity index (χ0) is 101. The van der Waals surface area contributed by atoms with E-state index >= 15 is 19.2 Å². The van der Waals surface area contributed by atoms with Crippen molar-refractivity contribution in [3.63, 3.8) is 0 Å². The van der Waals surface area contributed by atoms with Crippen LogP contribution in [0.5, 0.6) is 23.0 Å². The molecule has 0 saturated heterocycles. The highest BCUT2D eigenvalue weighted by atomic mass is 16.5. The Labute approximate surface area is 856 Å². The summed E-state index contributed by atoms with van der Waals surface area (Å²) in [6.07, 6.45) is 41.0. The second-order valence-corrected chi connectivity index (χ2v) is 48.0. The number of benzene rings is 13. The van der Waals surface area contributed by atoms with Crippen molar-refractivity contribution in [2.75, 3.05) is 11.4 Å². The zero-order valence-electron chi connectivity index (χ0n) is 90.4. The van der Waals surface area contributed by atoms with E-state index in [2.05, 4.69) is 283 Å². The van der Waals surface area contributed by atoms with Gasteiger partial charge < -0.3 is 9.47 Å². The zero-order valence-corrected chi connectivity index (χ0v) is 90.4. The number of nitrogens with zero attached hydrogens (tertiary/aromatic N) is 2. The molecule has 3 aliphatic carbocycles. The van der Waals surface area contributed by atoms with Crippen molar-refractivity contribution < 1.29 is 28.7 Å². The largest absolute Gasteiger partial charge is 0.457 e. The minimum atomic E-state index is -0.457. The van der Waals surface area contributed by atoms with Crippen LogP contribution in [0.25, 0.3) is 98.7 Å². The third-order valence-corrected chi connectivity index (χ3v) is 34.0. The molecule has 0 atom stereocenters. The van der Waals surface area contributed by atoms with Gasteiger partial charge in [-0.05, 0) is 274 Å². The van der Waals surface area contributed by atoms with Gasteiger partial charge >= 0.3 is 0 Å². The Kier molecular flexibility index (Phi) is 29.9. The predicted molar refractivity (Wildman–Crippen MR) is 604 cm³/mol. The molecular formula is C135H162N2O6. The highest BCUT2D eigenvalue weighted by Gasteiger charge is 2.49. The molecule has 18 rings (SSSR count). The van der Waals surface area contributed by atoms with Crippen molar-refractivity contribution >= 4 is 72.4 Å². The van der Waals surface area contributed by atoms with Gasteiger partial charge in [-0.1, -0.05) is 421 Å². The fourth-order valence-corrected chi connectivity index (χ4v) is 25.8. The van der Waals surface area contributed by atoms with Crippen molar-refractivity contribution in [1.82, 2.24) is 4.90 Å². The van der Waals surface area contributed by atoms with E-state index in [0.29, 0.717) is 107 Å². The summed E-state index contributed by atoms with van der Waals surface area (Å²) < 4.78 is 15.3. The van der Waals surface area contributed by atoms with Gasteiger partial charge in [0, 0.05) is 66.2 Å². The Morgan fingerprint density at radius 2 is 0.517 bits per heavy atom. The number of ether oxygens (including phenoxy) is 2. The second-order valence-electron chi connectivity index (χ2n) is 48.0. The Balaban J connectivity index is 0.788. The molecule has 0 saturated carbocycles. The lowest BCUT2D eigenvalue weighted by atomic mass is 9.69. The molecule has 13 aromatic rings. The SMILES string of the molecule is CCCCCCCCN1C(=O)c2ccc3c4c(Oc5cc(C(C)(C)C)cc(C(C)(C)C)c5)cc5c6c(ccc(c7c(Oc8cc(C(C)(C)C)cc(C(C)(C)C)c8)cc(c2c37)C1=O)c64)C(=O)N(c1ccc2c(c1)C(CCCCCC)(CCCCCC)c1cc(-c3ccc4c(c3)C(CCCCCC)(CCCCCC)c3cc(-c6ccc7c(c6)C(CCCCCC)(CCCCCC)c6ccccc6-7)ccc3-4)ccc1-2)C5=O. The van der Waals surface area contributed by atoms with Gasteiger partial charge in [0.2, 0.25) is 0 Å². The van der Waals surface area contributed by atoms with Crippen molar-refractivity contribution in [2.24, 2.45) is 0 Å². The molecule has 0 aromatic heterocycles. The van der Waals surface area contributed by atoms with Crippen molar-refractivity contribution in [2.45, 2.75) is 401 Å². The van der Waals surface area contributed by atoms with Crippen molar-refractivity contribution in [1.29, 1.82) is 0 Å². The quantitative estimate of drug-likeness (QED) is 0.0163. The van der Waals surface area contributed by atoms with E-state index < -0.39 is 17.2 Å². The van der Waals surface area contributed by atoms with E-state index in [4.69, 9.17) is 9.47 Å². The number of carbonyl (C=O) groups is 4. The number of rotatable bonds is 44. The highest BCUT2D eigenvalue weighted by molar-refractivity contribution is 6.45. The minimum Gasteiger partial charge on any atom is -0.457 e. The van der Waals surface area contributed by atoms with E-state index in [0.717, 1.165) is 131 Å². The van der Waals surface area contributed by atoms with Crippen LogP contribution in [-0.2, 0) is 37.9 Å². The van der Waals surface area contributed by atoms with E-state index in [1.807, 2.05) is 36.4 Å². The standard InChI is InChI=1S/C135H162N2O6/c1-20-27-34-41-42-51-74-136-125(138)107-66-64-105-122-118(143-98-83-94(131(14,15)16)80-95(84-98)132(17,18)19)87-110-120-108(67-65-106(124(120)122)121-117(86-109(126(136)139)119(107)123(105)121)142-97-81-92(129(8,9)10)79-93(82-97)130(11,12)13)127(140)137(128(110)141)96-58-63-104-103-62-57-91(78-115(103)135(116(104)85-96,72-49-39-32-25-6)73-50-40-33-26-7)90-56-61-102-101-60-55-89(76-113(101)134(114(102)77-90,70-47-37-30-23-4)71-48-38-31-24-5)88-54-59-100-99-52-43-44-53-111(99)133(112(100)75-88,68-45-35-28-21-2)69-46-36-29-22-3/h43-44,52-67,75-87H,20-42,45-51,68-74H2,1-19H3. The average molecular weight is 1910 g/mol. The van der Waals surface area contributed by atoms with Crippen LogP contribution in [0.1, 0.15) is 460 Å². The minimum absolute atomic E-state index is 0.00671. The third kappa shape index (κ3) is 19.2. The van der Waals surface area contributed by atoms with Gasteiger partial charge in [0.05, 0.1) is 16.8 Å². The van der Waals surface area contributed by atoms with E-state index in [-0.39, 0.29) is 44.3 Å². The first-order chi connectivity index (χ1) is 68.8. The summed E-state index contributed by atoms with van der Waals surface area (Å²) in [5.41, 5.74) is 26.7. The maximum Gasteiger partial charge on any atom is 0.266 e. The molecule has 748 valence electrons. The Hall–Kier alpha value is -11.0. The van der Waals surface area contributed by atoms with Crippen LogP contribution in [0.2, 0.25) is 0 Å². The van der Waals surface area contributed by atoms with Gasteiger partial charge in [0.1, 0.15) is 23.0 Å². The molecule has 0 unspecified atom stereocenters. The molecule has 2 heterocycles. The summed E-state index contributed by atoms with van der Waals surface area (Å²) in [6, 6.07) is 71.3. The van der Waals surface area contributed by atoms with E-state index in [9.17, 15) is 0 Å². The Bertz CT molecular complexity index is 6850. The maximum atomic E-state index is 17.2. The number of carbonyl (C=O) groups excluding carboxylic acids is 4. The predicted octanol–water partition coefficient (Wildman–Crippen LogP) is 39.2. The summed E-state index contributed by atoms with van der Waals surface area (Å²) in [7, 11) is 0. The Morgan fingerprint density at radius 3 is 0.874 bits per heavy atom. The lowest BCUT2D eigenvalue weighted by Crippen LogP contribution is -2.41. The topological polar surface area (TPSA) is 93.2 Å². The normalized spacial score (nSPS) is 14.9. The molecule has 8 nitrogen and oxygen atoms in total.